The van der Waals surface area contributed by atoms with E-state index in [4.69, 9.17) is 4.74 Å². The van der Waals surface area contributed by atoms with Gasteiger partial charge in [0.15, 0.2) is 0 Å². The van der Waals surface area contributed by atoms with Crippen LogP contribution in [-0.2, 0) is 30.8 Å². The first-order valence-electron chi connectivity index (χ1n) is 17.7. The molecule has 1 saturated carbocycles. The molecule has 4 N–H and O–H groups in total. The van der Waals surface area contributed by atoms with Gasteiger partial charge in [0.2, 0.25) is 34.2 Å². The third-order valence-electron chi connectivity index (χ3n) is 10.5. The van der Waals surface area contributed by atoms with Crippen LogP contribution in [0.25, 0.3) is 0 Å². The van der Waals surface area contributed by atoms with Crippen LogP contribution in [0, 0.1) is 28.1 Å². The van der Waals surface area contributed by atoms with E-state index in [1.54, 1.807) is 26.8 Å². The highest BCUT2D eigenvalue weighted by Gasteiger charge is 2.70. The molecule has 53 heavy (non-hydrogen) atoms. The molecule has 0 radical (unpaired) electrons. The van der Waals surface area contributed by atoms with Gasteiger partial charge >= 0.3 is 6.03 Å². The number of alkyl halides is 2. The summed E-state index contributed by atoms with van der Waals surface area (Å²) < 4.78 is 58.8. The minimum Gasteiger partial charge on any atom is -0.496 e. The van der Waals surface area contributed by atoms with Gasteiger partial charge in [-0.3, -0.25) is 14.4 Å². The van der Waals surface area contributed by atoms with Gasteiger partial charge in [-0.25, -0.2) is 26.3 Å². The van der Waals surface area contributed by atoms with Gasteiger partial charge in [0, 0.05) is 39.1 Å². The number of amides is 5. The molecule has 6 atom stereocenters. The third-order valence-corrected chi connectivity index (χ3v) is 12.4. The number of rotatable bonds is 15. The molecule has 2 aliphatic rings. The van der Waals surface area contributed by atoms with E-state index in [1.807, 2.05) is 46.8 Å². The number of hydrogen-bond donors (Lipinski definition) is 4. The van der Waals surface area contributed by atoms with E-state index in [0.29, 0.717) is 12.2 Å². The van der Waals surface area contributed by atoms with E-state index < -0.39 is 81.6 Å². The molecule has 0 unspecified atom stereocenters. The molecule has 2 fully saturated rings. The molecule has 1 heterocycles. The number of hydrogen-bond acceptors (Lipinski definition) is 7. The zero-order chi connectivity index (χ0) is 40.4. The summed E-state index contributed by atoms with van der Waals surface area (Å²) in [6, 6.07) is 0.346. The van der Waals surface area contributed by atoms with Gasteiger partial charge in [0.25, 0.3) is 0 Å². The Morgan fingerprint density at radius 2 is 1.68 bits per heavy atom. The maximum absolute atomic E-state index is 14.4. The number of benzene rings is 1. The first kappa shape index (κ1) is 44.3. The second-order valence-electron chi connectivity index (χ2n) is 17.0. The Hall–Kier alpha value is -3.05. The van der Waals surface area contributed by atoms with Crippen molar-refractivity contribution >= 4 is 49.7 Å². The summed E-state index contributed by atoms with van der Waals surface area (Å²) in [5, 5.41) is 10.8. The highest BCUT2D eigenvalue weighted by atomic mass is 79.9. The quantitative estimate of drug-likeness (QED) is 0.209. The third kappa shape index (κ3) is 11.2. The Kier molecular flexibility index (Phi) is 14.0. The maximum atomic E-state index is 14.4. The van der Waals surface area contributed by atoms with Crippen molar-refractivity contribution in [1.82, 2.24) is 30.5 Å². The fourth-order valence-corrected chi connectivity index (χ4v) is 7.88. The Morgan fingerprint density at radius 3 is 2.19 bits per heavy atom. The van der Waals surface area contributed by atoms with Crippen LogP contribution in [0.3, 0.4) is 0 Å². The standard InChI is InChI=1S/C36H57BrF2N6O7S/c1-34(2,3)25(19-44(9)53(11,50)51)42-33(49)43-29(35(4,5)6)32(48)45-18-21-27(36(21,7)8)28(45)31(47)41-23(17-26(38)39)30(46)40-15-14-20-12-13-24(52-10)22(37)16-20/h12-13,16,21,23,25-29H,14-15,17-19H2,1-11H3,(H,40,46)(H,41,47)(H2,42,43,49)/t21-,23-,25+,27-,28-,29+/m0/s1. The lowest BCUT2D eigenvalue weighted by Gasteiger charge is -2.39. The summed E-state index contributed by atoms with van der Waals surface area (Å²) in [6.45, 7) is 15.1. The molecule has 1 aromatic rings. The molecule has 0 spiro atoms. The molecule has 0 bridgehead atoms. The number of carbonyl (C=O) groups is 4. The molecule has 3 rings (SSSR count). The lowest BCUT2D eigenvalue weighted by atomic mass is 9.85. The van der Waals surface area contributed by atoms with Crippen molar-refractivity contribution in [3.63, 3.8) is 0 Å². The first-order chi connectivity index (χ1) is 24.2. The number of methoxy groups -OCH3 is 1. The van der Waals surface area contributed by atoms with Crippen molar-refractivity contribution in [3.05, 3.63) is 28.2 Å². The second kappa shape index (κ2) is 16.8. The number of carbonyl (C=O) groups excluding carboxylic acids is 4. The van der Waals surface area contributed by atoms with E-state index in [1.165, 1.54) is 19.1 Å². The van der Waals surface area contributed by atoms with Gasteiger partial charge in [-0.1, -0.05) is 61.5 Å². The van der Waals surface area contributed by atoms with Crippen LogP contribution in [0.4, 0.5) is 13.6 Å². The van der Waals surface area contributed by atoms with Gasteiger partial charge in [-0.15, -0.1) is 0 Å². The van der Waals surface area contributed by atoms with Crippen LogP contribution in [0.1, 0.15) is 67.4 Å². The van der Waals surface area contributed by atoms with Crippen LogP contribution in [0.2, 0.25) is 0 Å². The highest BCUT2D eigenvalue weighted by Crippen LogP contribution is 2.65. The molecule has 5 amide bonds. The number of likely N-dealkylation sites (tertiary alicyclic amines) is 1. The minimum atomic E-state index is -3.54. The lowest BCUT2D eigenvalue weighted by molar-refractivity contribution is -0.144. The lowest BCUT2D eigenvalue weighted by Crippen LogP contribution is -2.62. The normalized spacial score (nSPS) is 21.4. The molecule has 0 aromatic heterocycles. The summed E-state index contributed by atoms with van der Waals surface area (Å²) >= 11 is 3.42. The number of fused-ring (bicyclic) bond motifs is 1. The van der Waals surface area contributed by atoms with E-state index in [-0.39, 0.29) is 36.9 Å². The Labute approximate surface area is 321 Å². The van der Waals surface area contributed by atoms with Gasteiger partial charge in [-0.05, 0) is 68.1 Å². The first-order valence-corrected chi connectivity index (χ1v) is 20.3. The summed E-state index contributed by atoms with van der Waals surface area (Å²) in [7, 11) is -0.587. The van der Waals surface area contributed by atoms with Crippen molar-refractivity contribution in [3.8, 4) is 5.75 Å². The van der Waals surface area contributed by atoms with E-state index in [0.717, 1.165) is 20.6 Å². The molecule has 17 heteroatoms. The molecule has 1 aromatic carbocycles. The maximum Gasteiger partial charge on any atom is 0.315 e. The van der Waals surface area contributed by atoms with Crippen molar-refractivity contribution < 1.29 is 41.1 Å². The van der Waals surface area contributed by atoms with Crippen molar-refractivity contribution in [2.75, 3.05) is 40.0 Å². The predicted molar refractivity (Wildman–Crippen MR) is 202 cm³/mol. The van der Waals surface area contributed by atoms with Crippen LogP contribution < -0.4 is 26.0 Å². The Bertz CT molecular complexity index is 1630. The molecule has 300 valence electrons. The molecule has 1 saturated heterocycles. The zero-order valence-electron chi connectivity index (χ0n) is 32.6. The van der Waals surface area contributed by atoms with Gasteiger partial charge in [-0.2, -0.15) is 0 Å². The van der Waals surface area contributed by atoms with Gasteiger partial charge in [0.05, 0.1) is 17.8 Å². The number of halogens is 3. The molecular weight excluding hydrogens is 778 g/mol. The average molecular weight is 836 g/mol. The molecule has 1 aliphatic heterocycles. The van der Waals surface area contributed by atoms with E-state index in [2.05, 4.69) is 37.2 Å². The van der Waals surface area contributed by atoms with Crippen LogP contribution in [0.15, 0.2) is 22.7 Å². The van der Waals surface area contributed by atoms with Crippen molar-refractivity contribution in [1.29, 1.82) is 0 Å². The average Bonchev–Trinajstić information content (AvgIpc) is 3.32. The predicted octanol–water partition coefficient (Wildman–Crippen LogP) is 3.76. The largest absolute Gasteiger partial charge is 0.496 e. The van der Waals surface area contributed by atoms with Crippen LogP contribution in [-0.4, -0.2) is 112 Å². The van der Waals surface area contributed by atoms with Gasteiger partial charge in [0.1, 0.15) is 23.9 Å². The molecule has 13 nitrogen and oxygen atoms in total. The van der Waals surface area contributed by atoms with E-state index >= 15 is 0 Å². The van der Waals surface area contributed by atoms with Crippen molar-refractivity contribution in [2.45, 2.75) is 98.8 Å². The molecule has 1 aliphatic carbocycles. The fourth-order valence-electron chi connectivity index (χ4n) is 6.87. The Morgan fingerprint density at radius 1 is 1.06 bits per heavy atom. The van der Waals surface area contributed by atoms with Gasteiger partial charge < -0.3 is 30.9 Å². The number of ether oxygens (including phenoxy) is 1. The van der Waals surface area contributed by atoms with Crippen molar-refractivity contribution in [2.24, 2.45) is 28.1 Å². The smallest absolute Gasteiger partial charge is 0.315 e. The van der Waals surface area contributed by atoms with Crippen LogP contribution in [0.5, 0.6) is 5.75 Å². The second-order valence-corrected chi connectivity index (χ2v) is 19.9. The minimum absolute atomic E-state index is 0.0106. The van der Waals surface area contributed by atoms with Crippen LogP contribution >= 0.6 is 15.9 Å². The summed E-state index contributed by atoms with van der Waals surface area (Å²) in [6.07, 6.45) is -2.34. The monoisotopic (exact) mass is 834 g/mol. The summed E-state index contributed by atoms with van der Waals surface area (Å²) in [4.78, 5) is 56.4. The molecular formula is C36H57BrF2N6O7S. The number of piperidine rings is 1. The number of nitrogens with one attached hydrogen (secondary N) is 4. The zero-order valence-corrected chi connectivity index (χ0v) is 35.0. The number of likely N-dealkylation sites (N-methyl/N-ethyl adjacent to an activating group) is 1. The summed E-state index contributed by atoms with van der Waals surface area (Å²) in [5.41, 5.74) is -0.855. The SMILES string of the molecule is COc1ccc(CCNC(=O)[C@H](CC(F)F)NC(=O)[C@@H]2[C@@H]3[C@H](CN2C(=O)[C@@H](NC(=O)N[C@H](CN(C)S(C)(=O)=O)C(C)(C)C)C(C)(C)C)C3(C)C)cc1Br. The number of sulfonamides is 1. The Balaban J connectivity index is 1.79. The fraction of sp³-hybridized carbons (Fsp3) is 0.722. The highest BCUT2D eigenvalue weighted by molar-refractivity contribution is 9.10. The summed E-state index contributed by atoms with van der Waals surface area (Å²) in [5.74, 6) is -1.73. The number of nitrogens with zero attached hydrogens (tertiary/aromatic N) is 2. The number of urea groups is 1. The topological polar surface area (TPSA) is 166 Å². The van der Waals surface area contributed by atoms with E-state index in [9.17, 15) is 36.4 Å².